The topological polar surface area (TPSA) is 80.3 Å². The summed E-state index contributed by atoms with van der Waals surface area (Å²) in [6.07, 6.45) is 0. The average molecular weight is 484 g/mol. The first-order valence-corrected chi connectivity index (χ1v) is 10.4. The molecule has 4 rings (SSSR count). The maximum atomic E-state index is 14.1. The molecule has 0 aliphatic carbocycles. The van der Waals surface area contributed by atoms with Crippen LogP contribution in [-0.4, -0.2) is 23.9 Å². The lowest BCUT2D eigenvalue weighted by Crippen LogP contribution is -2.16. The minimum atomic E-state index is -0.759. The highest BCUT2D eigenvalue weighted by molar-refractivity contribution is 6.31. The molecule has 0 aliphatic rings. The third kappa shape index (κ3) is 4.89. The molecule has 1 aromatic heterocycles. The Balaban J connectivity index is 1.62. The Morgan fingerprint density at radius 3 is 2.42 bits per heavy atom. The number of anilines is 2. The van der Waals surface area contributed by atoms with Crippen molar-refractivity contribution in [3.63, 3.8) is 0 Å². The van der Waals surface area contributed by atoms with Crippen LogP contribution in [0.5, 0.6) is 5.75 Å². The number of halogens is 3. The molecule has 2 N–H and O–H groups in total. The Morgan fingerprint density at radius 2 is 1.67 bits per heavy atom. The zero-order valence-electron chi connectivity index (χ0n) is 17.2. The van der Waals surface area contributed by atoms with E-state index in [0.717, 1.165) is 6.07 Å². The maximum Gasteiger partial charge on any atom is 0.258 e. The lowest BCUT2D eigenvalue weighted by Gasteiger charge is -2.14. The Kier molecular flexibility index (Phi) is 6.44. The standard InChI is InChI=1S/C24H16Cl2FN3O3/c1-33-21-9-7-14(11-20(21)30-23(31)16-8-6-13(25)10-18(16)27)28-24(32)17-12-22(26)29-19-5-3-2-4-15(17)19/h2-12H,1H3,(H,28,32)(H,30,31). The number of fused-ring (bicyclic) bond motifs is 1. The van der Waals surface area contributed by atoms with E-state index < -0.39 is 17.6 Å². The highest BCUT2D eigenvalue weighted by Gasteiger charge is 2.17. The van der Waals surface area contributed by atoms with Gasteiger partial charge in [0.05, 0.1) is 29.4 Å². The summed E-state index contributed by atoms with van der Waals surface area (Å²) >= 11 is 11.8. The van der Waals surface area contributed by atoms with E-state index >= 15 is 0 Å². The van der Waals surface area contributed by atoms with E-state index in [1.807, 2.05) is 0 Å². The number of methoxy groups -OCH3 is 1. The normalized spacial score (nSPS) is 10.7. The molecule has 33 heavy (non-hydrogen) atoms. The van der Waals surface area contributed by atoms with Crippen molar-refractivity contribution in [1.82, 2.24) is 4.98 Å². The molecule has 0 bridgehead atoms. The fraction of sp³-hybridized carbons (Fsp3) is 0.0417. The third-order valence-corrected chi connectivity index (χ3v) is 5.24. The monoisotopic (exact) mass is 483 g/mol. The van der Waals surface area contributed by atoms with Crippen molar-refractivity contribution in [1.29, 1.82) is 0 Å². The van der Waals surface area contributed by atoms with Crippen molar-refractivity contribution in [2.45, 2.75) is 0 Å². The van der Waals surface area contributed by atoms with E-state index in [0.29, 0.717) is 27.9 Å². The number of nitrogens with zero attached hydrogens (tertiary/aromatic N) is 1. The molecule has 0 spiro atoms. The predicted molar refractivity (Wildman–Crippen MR) is 127 cm³/mol. The summed E-state index contributed by atoms with van der Waals surface area (Å²) in [5.41, 5.74) is 1.36. The van der Waals surface area contributed by atoms with Gasteiger partial charge in [0, 0.05) is 16.1 Å². The number of hydrogen-bond donors (Lipinski definition) is 2. The molecular weight excluding hydrogens is 468 g/mol. The Labute approximate surface area is 198 Å². The summed E-state index contributed by atoms with van der Waals surface area (Å²) in [4.78, 5) is 29.8. The van der Waals surface area contributed by atoms with Crippen LogP contribution in [0.1, 0.15) is 20.7 Å². The number of carbonyl (C=O) groups is 2. The van der Waals surface area contributed by atoms with Crippen LogP contribution in [-0.2, 0) is 0 Å². The molecule has 166 valence electrons. The molecule has 2 amide bonds. The number of rotatable bonds is 5. The van der Waals surface area contributed by atoms with Gasteiger partial charge < -0.3 is 15.4 Å². The highest BCUT2D eigenvalue weighted by atomic mass is 35.5. The van der Waals surface area contributed by atoms with Gasteiger partial charge in [0.2, 0.25) is 0 Å². The smallest absolute Gasteiger partial charge is 0.258 e. The predicted octanol–water partition coefficient (Wildman–Crippen LogP) is 6.19. The molecular formula is C24H16Cl2FN3O3. The number of pyridine rings is 1. The van der Waals surface area contributed by atoms with E-state index in [-0.39, 0.29) is 21.4 Å². The molecule has 0 fully saturated rings. The van der Waals surface area contributed by atoms with Crippen molar-refractivity contribution in [3.8, 4) is 5.75 Å². The van der Waals surface area contributed by atoms with Gasteiger partial charge in [-0.2, -0.15) is 0 Å². The minimum absolute atomic E-state index is 0.176. The van der Waals surface area contributed by atoms with Gasteiger partial charge in [-0.05, 0) is 48.5 Å². The van der Waals surface area contributed by atoms with E-state index in [4.69, 9.17) is 27.9 Å². The van der Waals surface area contributed by atoms with Crippen LogP contribution in [0.4, 0.5) is 15.8 Å². The molecule has 0 unspecified atom stereocenters. The van der Waals surface area contributed by atoms with Gasteiger partial charge in [-0.1, -0.05) is 41.4 Å². The Hall–Kier alpha value is -3.68. The van der Waals surface area contributed by atoms with Gasteiger partial charge in [-0.25, -0.2) is 9.37 Å². The summed E-state index contributed by atoms with van der Waals surface area (Å²) in [5, 5.41) is 6.38. The highest BCUT2D eigenvalue weighted by Crippen LogP contribution is 2.30. The van der Waals surface area contributed by atoms with E-state index in [2.05, 4.69) is 15.6 Å². The van der Waals surface area contributed by atoms with Crippen molar-refractivity contribution < 1.29 is 18.7 Å². The number of amides is 2. The summed E-state index contributed by atoms with van der Waals surface area (Å²) in [6, 6.07) is 17.0. The van der Waals surface area contributed by atoms with Crippen molar-refractivity contribution in [2.24, 2.45) is 0 Å². The molecule has 3 aromatic carbocycles. The zero-order chi connectivity index (χ0) is 23.5. The number of carbonyl (C=O) groups excluding carboxylic acids is 2. The van der Waals surface area contributed by atoms with Crippen LogP contribution in [0.15, 0.2) is 66.7 Å². The van der Waals surface area contributed by atoms with Crippen LogP contribution in [0.25, 0.3) is 10.9 Å². The third-order valence-electron chi connectivity index (χ3n) is 4.81. The summed E-state index contributed by atoms with van der Waals surface area (Å²) in [6.45, 7) is 0. The van der Waals surface area contributed by atoms with Gasteiger partial charge in [0.15, 0.2) is 0 Å². The van der Waals surface area contributed by atoms with Gasteiger partial charge in [-0.3, -0.25) is 9.59 Å². The second-order valence-corrected chi connectivity index (χ2v) is 7.78. The molecule has 9 heteroatoms. The first kappa shape index (κ1) is 22.5. The zero-order valence-corrected chi connectivity index (χ0v) is 18.7. The number of nitrogens with one attached hydrogen (secondary N) is 2. The summed E-state index contributed by atoms with van der Waals surface area (Å²) in [5.74, 6) is -1.54. The second kappa shape index (κ2) is 9.44. The van der Waals surface area contributed by atoms with Crippen molar-refractivity contribution in [3.05, 3.63) is 93.8 Å². The fourth-order valence-corrected chi connectivity index (χ4v) is 3.64. The van der Waals surface area contributed by atoms with Gasteiger partial charge in [-0.15, -0.1) is 0 Å². The molecule has 0 radical (unpaired) electrons. The van der Waals surface area contributed by atoms with Gasteiger partial charge in [0.25, 0.3) is 11.8 Å². The molecule has 6 nitrogen and oxygen atoms in total. The van der Waals surface area contributed by atoms with Crippen LogP contribution in [0, 0.1) is 5.82 Å². The van der Waals surface area contributed by atoms with Crippen molar-refractivity contribution >= 4 is 57.3 Å². The fourth-order valence-electron chi connectivity index (χ4n) is 3.28. The number of para-hydroxylation sites is 1. The molecule has 0 atom stereocenters. The first-order chi connectivity index (χ1) is 15.9. The Bertz CT molecular complexity index is 1400. The molecule has 0 saturated carbocycles. The van der Waals surface area contributed by atoms with Crippen molar-refractivity contribution in [2.75, 3.05) is 17.7 Å². The lowest BCUT2D eigenvalue weighted by molar-refractivity contribution is 0.101. The Morgan fingerprint density at radius 1 is 0.909 bits per heavy atom. The van der Waals surface area contributed by atoms with E-state index in [9.17, 15) is 14.0 Å². The minimum Gasteiger partial charge on any atom is -0.495 e. The molecule has 4 aromatic rings. The molecule has 0 saturated heterocycles. The van der Waals surface area contributed by atoms with Gasteiger partial charge in [0.1, 0.15) is 16.7 Å². The number of ether oxygens (including phenoxy) is 1. The molecule has 1 heterocycles. The summed E-state index contributed by atoms with van der Waals surface area (Å²) in [7, 11) is 1.43. The van der Waals surface area contributed by atoms with Crippen LogP contribution < -0.4 is 15.4 Å². The second-order valence-electron chi connectivity index (χ2n) is 6.96. The van der Waals surface area contributed by atoms with Crippen LogP contribution >= 0.6 is 23.2 Å². The van der Waals surface area contributed by atoms with Gasteiger partial charge >= 0.3 is 0 Å². The number of hydrogen-bond acceptors (Lipinski definition) is 4. The maximum absolute atomic E-state index is 14.1. The largest absolute Gasteiger partial charge is 0.495 e. The summed E-state index contributed by atoms with van der Waals surface area (Å²) < 4.78 is 19.4. The number of benzene rings is 3. The first-order valence-electron chi connectivity index (χ1n) is 9.67. The quantitative estimate of drug-likeness (QED) is 0.331. The lowest BCUT2D eigenvalue weighted by atomic mass is 10.1. The average Bonchev–Trinajstić information content (AvgIpc) is 2.78. The van der Waals surface area contributed by atoms with Crippen LogP contribution in [0.3, 0.4) is 0 Å². The van der Waals surface area contributed by atoms with E-state index in [1.165, 1.54) is 31.4 Å². The van der Waals surface area contributed by atoms with Crippen LogP contribution in [0.2, 0.25) is 10.2 Å². The molecule has 0 aliphatic heterocycles. The number of aromatic nitrogens is 1. The SMILES string of the molecule is COc1ccc(NC(=O)c2cc(Cl)nc3ccccc23)cc1NC(=O)c1ccc(Cl)cc1F. The van der Waals surface area contributed by atoms with E-state index in [1.54, 1.807) is 36.4 Å².